The number of para-hydroxylation sites is 1. The van der Waals surface area contributed by atoms with Gasteiger partial charge in [0.15, 0.2) is 0 Å². The number of amides is 2. The van der Waals surface area contributed by atoms with Crippen LogP contribution in [-0.4, -0.2) is 36.2 Å². The number of ether oxygens (including phenoxy) is 1. The highest BCUT2D eigenvalue weighted by atomic mass is 16.5. The topological polar surface area (TPSA) is 54.7 Å². The molecule has 2 fully saturated rings. The first kappa shape index (κ1) is 12.7. The first-order valence-electron chi connectivity index (χ1n) is 7.42. The molecule has 2 amide bonds. The molecular weight excluding hydrogens is 268 g/mol. The maximum atomic E-state index is 12.4. The summed E-state index contributed by atoms with van der Waals surface area (Å²) in [5.74, 6) is 0. The third-order valence-electron chi connectivity index (χ3n) is 4.47. The van der Waals surface area contributed by atoms with Crippen LogP contribution in [0.4, 0.5) is 4.79 Å². The molecular formula is C16H18N2O3. The molecule has 4 rings (SSSR count). The van der Waals surface area contributed by atoms with Crippen molar-refractivity contribution < 1.29 is 13.9 Å². The Morgan fingerprint density at radius 2 is 2.00 bits per heavy atom. The Balaban J connectivity index is 1.46. The molecule has 1 aromatic heterocycles. The van der Waals surface area contributed by atoms with Gasteiger partial charge in [-0.05, 0) is 18.9 Å². The molecule has 110 valence electrons. The average Bonchev–Trinajstić information content (AvgIpc) is 3.03. The number of hydrogen-bond acceptors (Lipinski definition) is 3. The molecule has 0 radical (unpaired) electrons. The normalized spacial score (nSPS) is 24.5. The van der Waals surface area contributed by atoms with Crippen LogP contribution in [0, 0.1) is 0 Å². The van der Waals surface area contributed by atoms with E-state index >= 15 is 0 Å². The Labute approximate surface area is 122 Å². The van der Waals surface area contributed by atoms with Crippen LogP contribution in [-0.2, 0) is 11.3 Å². The van der Waals surface area contributed by atoms with Crippen LogP contribution in [0.25, 0.3) is 11.0 Å². The number of carbonyl (C=O) groups excluding carboxylic acids is 1. The lowest BCUT2D eigenvalue weighted by atomic mass is 10.2. The maximum absolute atomic E-state index is 12.4. The molecule has 2 unspecified atom stereocenters. The van der Waals surface area contributed by atoms with Crippen LogP contribution in [0.1, 0.15) is 18.4 Å². The zero-order valence-corrected chi connectivity index (χ0v) is 11.7. The van der Waals surface area contributed by atoms with E-state index in [2.05, 4.69) is 5.32 Å². The van der Waals surface area contributed by atoms with Crippen LogP contribution in [0.5, 0.6) is 0 Å². The van der Waals surface area contributed by atoms with Crippen LogP contribution in [0.2, 0.25) is 0 Å². The number of urea groups is 1. The number of rotatable bonds is 2. The molecule has 0 spiro atoms. The number of nitrogens with one attached hydrogen (secondary N) is 1. The van der Waals surface area contributed by atoms with E-state index in [0.717, 1.165) is 29.4 Å². The molecule has 1 aromatic carbocycles. The van der Waals surface area contributed by atoms with E-state index < -0.39 is 0 Å². The fourth-order valence-corrected chi connectivity index (χ4v) is 3.39. The van der Waals surface area contributed by atoms with Gasteiger partial charge in [0.1, 0.15) is 5.58 Å². The maximum Gasteiger partial charge on any atom is 0.318 e. The van der Waals surface area contributed by atoms with Gasteiger partial charge in [-0.2, -0.15) is 0 Å². The lowest BCUT2D eigenvalue weighted by Gasteiger charge is -2.34. The first-order valence-corrected chi connectivity index (χ1v) is 7.42. The van der Waals surface area contributed by atoms with Crippen molar-refractivity contribution >= 4 is 17.0 Å². The highest BCUT2D eigenvalue weighted by molar-refractivity contribution is 5.82. The summed E-state index contributed by atoms with van der Waals surface area (Å²) in [6.45, 7) is 1.82. The van der Waals surface area contributed by atoms with E-state index in [-0.39, 0.29) is 18.1 Å². The number of nitrogens with zero attached hydrogens (tertiary/aromatic N) is 1. The predicted octanol–water partition coefficient (Wildman–Crippen LogP) is 2.51. The van der Waals surface area contributed by atoms with Crippen molar-refractivity contribution in [2.45, 2.75) is 31.5 Å². The Hall–Kier alpha value is -2.01. The van der Waals surface area contributed by atoms with Crippen molar-refractivity contribution in [3.8, 4) is 0 Å². The molecule has 2 aliphatic heterocycles. The Kier molecular flexibility index (Phi) is 3.07. The summed E-state index contributed by atoms with van der Waals surface area (Å²) in [6, 6.07) is 8.36. The van der Waals surface area contributed by atoms with Crippen LogP contribution in [0.15, 0.2) is 34.9 Å². The van der Waals surface area contributed by atoms with Gasteiger partial charge in [0, 0.05) is 17.5 Å². The summed E-state index contributed by atoms with van der Waals surface area (Å²) < 4.78 is 11.0. The van der Waals surface area contributed by atoms with Gasteiger partial charge in [0.2, 0.25) is 0 Å². The van der Waals surface area contributed by atoms with E-state index in [4.69, 9.17) is 9.15 Å². The third kappa shape index (κ3) is 2.17. The van der Waals surface area contributed by atoms with Crippen molar-refractivity contribution in [3.05, 3.63) is 36.1 Å². The van der Waals surface area contributed by atoms with Crippen LogP contribution >= 0.6 is 0 Å². The van der Waals surface area contributed by atoms with Crippen molar-refractivity contribution in [1.82, 2.24) is 10.2 Å². The Morgan fingerprint density at radius 1 is 1.24 bits per heavy atom. The average molecular weight is 286 g/mol. The van der Waals surface area contributed by atoms with E-state index in [1.807, 2.05) is 29.2 Å². The summed E-state index contributed by atoms with van der Waals surface area (Å²) in [4.78, 5) is 14.4. The standard InChI is InChI=1S/C16H18N2O3/c19-16(18-12-5-6-13(18)10-20-9-12)17-7-11-8-21-15-4-2-1-3-14(11)15/h1-4,8,12-13H,5-7,9-10H2,(H,17,19). The van der Waals surface area contributed by atoms with Crippen molar-refractivity contribution in [2.75, 3.05) is 13.2 Å². The molecule has 21 heavy (non-hydrogen) atoms. The zero-order valence-electron chi connectivity index (χ0n) is 11.7. The van der Waals surface area contributed by atoms with Crippen molar-refractivity contribution in [1.29, 1.82) is 0 Å². The van der Waals surface area contributed by atoms with Gasteiger partial charge in [-0.3, -0.25) is 0 Å². The molecule has 0 saturated carbocycles. The summed E-state index contributed by atoms with van der Waals surface area (Å²) >= 11 is 0. The van der Waals surface area contributed by atoms with Gasteiger partial charge in [-0.1, -0.05) is 18.2 Å². The number of morpholine rings is 1. The molecule has 3 heterocycles. The fourth-order valence-electron chi connectivity index (χ4n) is 3.39. The lowest BCUT2D eigenvalue weighted by Crippen LogP contribution is -2.52. The van der Waals surface area contributed by atoms with E-state index in [9.17, 15) is 4.79 Å². The van der Waals surface area contributed by atoms with Crippen molar-refractivity contribution in [2.24, 2.45) is 0 Å². The molecule has 2 atom stereocenters. The predicted molar refractivity (Wildman–Crippen MR) is 77.9 cm³/mol. The van der Waals surface area contributed by atoms with Crippen LogP contribution in [0.3, 0.4) is 0 Å². The zero-order chi connectivity index (χ0) is 14.2. The summed E-state index contributed by atoms with van der Waals surface area (Å²) in [5, 5.41) is 4.08. The largest absolute Gasteiger partial charge is 0.464 e. The molecule has 0 aliphatic carbocycles. The summed E-state index contributed by atoms with van der Waals surface area (Å²) in [7, 11) is 0. The minimum absolute atomic E-state index is 0.0103. The van der Waals surface area contributed by atoms with Gasteiger partial charge in [0.05, 0.1) is 31.6 Å². The number of hydrogen-bond donors (Lipinski definition) is 1. The van der Waals surface area contributed by atoms with E-state index in [1.165, 1.54) is 0 Å². The SMILES string of the molecule is O=C(NCc1coc2ccccc12)N1C2CCC1COC2. The molecule has 5 nitrogen and oxygen atoms in total. The van der Waals surface area contributed by atoms with Gasteiger partial charge < -0.3 is 19.4 Å². The van der Waals surface area contributed by atoms with Gasteiger partial charge in [-0.25, -0.2) is 4.79 Å². The minimum Gasteiger partial charge on any atom is -0.464 e. The van der Waals surface area contributed by atoms with Gasteiger partial charge >= 0.3 is 6.03 Å². The summed E-state index contributed by atoms with van der Waals surface area (Å²) in [5.41, 5.74) is 1.87. The quantitative estimate of drug-likeness (QED) is 0.923. The lowest BCUT2D eigenvalue weighted by molar-refractivity contribution is 0.00632. The number of benzene rings is 1. The number of furan rings is 1. The number of carbonyl (C=O) groups is 1. The van der Waals surface area contributed by atoms with E-state index in [0.29, 0.717) is 19.8 Å². The smallest absolute Gasteiger partial charge is 0.318 e. The highest BCUT2D eigenvalue weighted by Gasteiger charge is 2.40. The molecule has 1 N–H and O–H groups in total. The molecule has 2 aliphatic rings. The van der Waals surface area contributed by atoms with Crippen molar-refractivity contribution in [3.63, 3.8) is 0 Å². The minimum atomic E-state index is 0.0103. The van der Waals surface area contributed by atoms with Gasteiger partial charge in [0.25, 0.3) is 0 Å². The second kappa shape index (κ2) is 5.07. The van der Waals surface area contributed by atoms with E-state index in [1.54, 1.807) is 6.26 Å². The molecule has 2 aromatic rings. The second-order valence-corrected chi connectivity index (χ2v) is 5.75. The summed E-state index contributed by atoms with van der Waals surface area (Å²) in [6.07, 6.45) is 3.82. The molecule has 5 heteroatoms. The molecule has 2 bridgehead atoms. The second-order valence-electron chi connectivity index (χ2n) is 5.75. The number of fused-ring (bicyclic) bond motifs is 3. The first-order chi connectivity index (χ1) is 10.3. The monoisotopic (exact) mass is 286 g/mol. The fraction of sp³-hybridized carbons (Fsp3) is 0.438. The van der Waals surface area contributed by atoms with Crippen LogP contribution < -0.4 is 5.32 Å². The highest BCUT2D eigenvalue weighted by Crippen LogP contribution is 2.28. The van der Waals surface area contributed by atoms with Gasteiger partial charge in [-0.15, -0.1) is 0 Å². The third-order valence-corrected chi connectivity index (χ3v) is 4.47. The Bertz CT molecular complexity index is 650. The Morgan fingerprint density at radius 3 is 2.81 bits per heavy atom. The molecule has 2 saturated heterocycles.